The van der Waals surface area contributed by atoms with Gasteiger partial charge >= 0.3 is 5.97 Å². The Kier molecular flexibility index (Phi) is 4.63. The van der Waals surface area contributed by atoms with Crippen molar-refractivity contribution in [3.8, 4) is 0 Å². The number of fused-ring (bicyclic) bond motifs is 1. The van der Waals surface area contributed by atoms with Gasteiger partial charge in [0.1, 0.15) is 11.8 Å². The van der Waals surface area contributed by atoms with Crippen LogP contribution >= 0.6 is 11.6 Å². The lowest BCUT2D eigenvalue weighted by Crippen LogP contribution is -2.07. The molecule has 3 rings (SSSR count). The Balaban J connectivity index is 1.77. The Labute approximate surface area is 148 Å². The van der Waals surface area contributed by atoms with E-state index in [0.29, 0.717) is 11.1 Å². The number of nitro benzene ring substituents is 1. The minimum absolute atomic E-state index is 0.0362. The number of nitrogens with zero attached hydrogens (tertiary/aromatic N) is 2. The molecule has 0 aliphatic carbocycles. The van der Waals surface area contributed by atoms with E-state index < -0.39 is 10.9 Å². The Morgan fingerprint density at radius 1 is 1.24 bits per heavy atom. The number of hydrogen-bond donors (Lipinski definition) is 0. The molecule has 0 atom stereocenters. The Bertz CT molecular complexity index is 988. The van der Waals surface area contributed by atoms with Crippen molar-refractivity contribution >= 4 is 34.2 Å². The summed E-state index contributed by atoms with van der Waals surface area (Å²) in [5.41, 5.74) is 1.94. The Morgan fingerprint density at radius 2 is 2.00 bits per heavy atom. The summed E-state index contributed by atoms with van der Waals surface area (Å²) in [5.74, 6) is -0.581. The summed E-state index contributed by atoms with van der Waals surface area (Å²) >= 11 is 6.14. The quantitative estimate of drug-likeness (QED) is 0.298. The number of nitro groups is 1. The van der Waals surface area contributed by atoms with E-state index >= 15 is 0 Å². The topological polar surface area (TPSA) is 82.3 Å². The highest BCUT2D eigenvalue weighted by Crippen LogP contribution is 2.22. The van der Waals surface area contributed by atoms with Crippen LogP contribution in [-0.2, 0) is 11.3 Å². The third-order valence-electron chi connectivity index (χ3n) is 3.74. The number of pyridine rings is 1. The maximum absolute atomic E-state index is 12.2. The molecule has 0 amide bonds. The molecule has 0 bridgehead atoms. The smallest absolute Gasteiger partial charge is 0.338 e. The molecular weight excluding hydrogens is 344 g/mol. The Morgan fingerprint density at radius 3 is 2.72 bits per heavy atom. The van der Waals surface area contributed by atoms with Gasteiger partial charge in [-0.3, -0.25) is 10.1 Å². The minimum atomic E-state index is -0.581. The fraction of sp³-hybridized carbons (Fsp3) is 0.111. The number of halogens is 1. The summed E-state index contributed by atoms with van der Waals surface area (Å²) in [6, 6.07) is 13.4. The van der Waals surface area contributed by atoms with Gasteiger partial charge in [0.05, 0.1) is 16.0 Å². The van der Waals surface area contributed by atoms with Crippen molar-refractivity contribution in [1.82, 2.24) is 4.98 Å². The van der Waals surface area contributed by atoms with Crippen LogP contribution in [0.25, 0.3) is 10.9 Å². The van der Waals surface area contributed by atoms with E-state index in [1.54, 1.807) is 6.92 Å². The van der Waals surface area contributed by atoms with Gasteiger partial charge in [-0.2, -0.15) is 0 Å². The number of esters is 1. The van der Waals surface area contributed by atoms with E-state index in [2.05, 4.69) is 4.98 Å². The lowest BCUT2D eigenvalue weighted by molar-refractivity contribution is -0.385. The zero-order valence-electron chi connectivity index (χ0n) is 13.2. The fourth-order valence-electron chi connectivity index (χ4n) is 2.45. The third kappa shape index (κ3) is 3.59. The zero-order valence-corrected chi connectivity index (χ0v) is 14.0. The van der Waals surface area contributed by atoms with Gasteiger partial charge in [0, 0.05) is 22.6 Å². The number of benzene rings is 2. The first kappa shape index (κ1) is 16.9. The average Bonchev–Trinajstić information content (AvgIpc) is 2.59. The molecule has 0 saturated heterocycles. The van der Waals surface area contributed by atoms with Crippen LogP contribution in [0, 0.1) is 17.0 Å². The van der Waals surface area contributed by atoms with E-state index in [1.807, 2.05) is 30.3 Å². The molecule has 7 heteroatoms. The van der Waals surface area contributed by atoms with Crippen LogP contribution in [0.1, 0.15) is 21.5 Å². The van der Waals surface area contributed by atoms with Gasteiger partial charge in [0.25, 0.3) is 5.69 Å². The first-order valence-corrected chi connectivity index (χ1v) is 7.80. The molecule has 0 radical (unpaired) electrons. The van der Waals surface area contributed by atoms with Crippen LogP contribution in [0.2, 0.25) is 5.15 Å². The van der Waals surface area contributed by atoms with Crippen molar-refractivity contribution in [2.75, 3.05) is 0 Å². The number of ether oxygens (including phenoxy) is 1. The lowest BCUT2D eigenvalue weighted by atomic mass is 10.1. The standard InChI is InChI=1S/C18H13ClN2O4/c1-11-8-13(6-7-16(11)21(23)24)18(22)25-10-14-9-12-4-2-3-5-15(12)20-17(14)19/h2-9H,10H2,1H3. The van der Waals surface area contributed by atoms with Gasteiger partial charge in [-0.1, -0.05) is 29.8 Å². The van der Waals surface area contributed by atoms with Gasteiger partial charge < -0.3 is 4.74 Å². The van der Waals surface area contributed by atoms with Crippen LogP contribution < -0.4 is 0 Å². The van der Waals surface area contributed by atoms with Crippen molar-refractivity contribution in [3.63, 3.8) is 0 Å². The summed E-state index contributed by atoms with van der Waals surface area (Å²) in [6.45, 7) is 1.53. The molecule has 0 unspecified atom stereocenters. The van der Waals surface area contributed by atoms with E-state index in [-0.39, 0.29) is 23.0 Å². The summed E-state index contributed by atoms with van der Waals surface area (Å²) in [5, 5.41) is 12.0. The van der Waals surface area contributed by atoms with Gasteiger partial charge in [0.15, 0.2) is 0 Å². The number of carbonyl (C=O) groups excluding carboxylic acids is 1. The van der Waals surface area contributed by atoms with Crippen molar-refractivity contribution in [1.29, 1.82) is 0 Å². The number of rotatable bonds is 4. The lowest BCUT2D eigenvalue weighted by Gasteiger charge is -2.08. The van der Waals surface area contributed by atoms with E-state index in [9.17, 15) is 14.9 Å². The molecule has 0 spiro atoms. The first-order valence-electron chi connectivity index (χ1n) is 7.42. The zero-order chi connectivity index (χ0) is 18.0. The van der Waals surface area contributed by atoms with Gasteiger partial charge in [-0.15, -0.1) is 0 Å². The highest BCUT2D eigenvalue weighted by molar-refractivity contribution is 6.30. The molecule has 0 fully saturated rings. The molecule has 2 aromatic carbocycles. The van der Waals surface area contributed by atoms with E-state index in [4.69, 9.17) is 16.3 Å². The van der Waals surface area contributed by atoms with Gasteiger partial charge in [0.2, 0.25) is 0 Å². The molecule has 126 valence electrons. The number of hydrogen-bond acceptors (Lipinski definition) is 5. The SMILES string of the molecule is Cc1cc(C(=O)OCc2cc3ccccc3nc2Cl)ccc1[N+](=O)[O-]. The first-order chi connectivity index (χ1) is 12.0. The van der Waals surface area contributed by atoms with Crippen molar-refractivity contribution in [2.45, 2.75) is 13.5 Å². The highest BCUT2D eigenvalue weighted by Gasteiger charge is 2.15. The second-order valence-corrected chi connectivity index (χ2v) is 5.82. The van der Waals surface area contributed by atoms with Crippen LogP contribution in [0.4, 0.5) is 5.69 Å². The van der Waals surface area contributed by atoms with Gasteiger partial charge in [-0.05, 0) is 31.2 Å². The second-order valence-electron chi connectivity index (χ2n) is 5.47. The van der Waals surface area contributed by atoms with Crippen LogP contribution in [0.3, 0.4) is 0 Å². The summed E-state index contributed by atoms with van der Waals surface area (Å²) in [7, 11) is 0. The highest BCUT2D eigenvalue weighted by atomic mass is 35.5. The fourth-order valence-corrected chi connectivity index (χ4v) is 2.65. The minimum Gasteiger partial charge on any atom is -0.457 e. The Hall–Kier alpha value is -2.99. The molecule has 6 nitrogen and oxygen atoms in total. The second kappa shape index (κ2) is 6.86. The van der Waals surface area contributed by atoms with Crippen LogP contribution in [0.15, 0.2) is 48.5 Å². The number of carbonyl (C=O) groups is 1. The normalized spacial score (nSPS) is 10.6. The maximum Gasteiger partial charge on any atom is 0.338 e. The molecular formula is C18H13ClN2O4. The molecule has 3 aromatic rings. The summed E-state index contributed by atoms with van der Waals surface area (Å²) in [6.07, 6.45) is 0. The van der Waals surface area contributed by atoms with Crippen molar-refractivity contribution in [2.24, 2.45) is 0 Å². The molecule has 25 heavy (non-hydrogen) atoms. The van der Waals surface area contributed by atoms with Crippen molar-refractivity contribution < 1.29 is 14.5 Å². The number of aromatic nitrogens is 1. The average molecular weight is 357 g/mol. The van der Waals surface area contributed by atoms with Gasteiger partial charge in [-0.25, -0.2) is 9.78 Å². The third-order valence-corrected chi connectivity index (χ3v) is 4.07. The number of aryl methyl sites for hydroxylation is 1. The number of para-hydroxylation sites is 1. The van der Waals surface area contributed by atoms with Crippen LogP contribution in [-0.4, -0.2) is 15.9 Å². The van der Waals surface area contributed by atoms with Crippen LogP contribution in [0.5, 0.6) is 0 Å². The summed E-state index contributed by atoms with van der Waals surface area (Å²) in [4.78, 5) is 26.8. The molecule has 1 heterocycles. The maximum atomic E-state index is 12.2. The predicted molar refractivity (Wildman–Crippen MR) is 93.7 cm³/mol. The molecule has 0 aliphatic heterocycles. The molecule has 0 aliphatic rings. The molecule has 0 N–H and O–H groups in total. The largest absolute Gasteiger partial charge is 0.457 e. The monoisotopic (exact) mass is 356 g/mol. The predicted octanol–water partition coefficient (Wildman–Crippen LogP) is 4.46. The van der Waals surface area contributed by atoms with E-state index in [0.717, 1.165) is 10.9 Å². The summed E-state index contributed by atoms with van der Waals surface area (Å²) < 4.78 is 5.27. The van der Waals surface area contributed by atoms with E-state index in [1.165, 1.54) is 18.2 Å². The molecule has 0 saturated carbocycles. The molecule has 1 aromatic heterocycles. The van der Waals surface area contributed by atoms with Crippen molar-refractivity contribution in [3.05, 3.63) is 80.5 Å².